The topological polar surface area (TPSA) is 149 Å². The van der Waals surface area contributed by atoms with Crippen molar-refractivity contribution < 1.29 is 32.2 Å². The molecule has 2 aliphatic heterocycles. The Labute approximate surface area is 256 Å². The SMILES string of the molecule is C[C@H]1CN(C(=O)Cn2ccn3c(=O)c(O)c(-c4ncc(Cc5ccc(F)cc5S(=O)(=O)N5CCOCC5)s4)nc23)C[C@H](C)O1. The van der Waals surface area contributed by atoms with Gasteiger partial charge in [0.1, 0.15) is 17.4 Å². The van der Waals surface area contributed by atoms with Crippen LogP contribution in [0.5, 0.6) is 5.75 Å². The van der Waals surface area contributed by atoms with E-state index in [1.165, 1.54) is 33.4 Å². The number of sulfonamides is 1. The molecule has 44 heavy (non-hydrogen) atoms. The van der Waals surface area contributed by atoms with Crippen molar-refractivity contribution in [3.05, 3.63) is 63.4 Å². The van der Waals surface area contributed by atoms with Gasteiger partial charge in [0.2, 0.25) is 27.5 Å². The summed E-state index contributed by atoms with van der Waals surface area (Å²) in [5.41, 5.74) is -0.411. The van der Waals surface area contributed by atoms with Crippen molar-refractivity contribution in [1.29, 1.82) is 0 Å². The van der Waals surface area contributed by atoms with Gasteiger partial charge in [-0.2, -0.15) is 4.31 Å². The molecule has 2 atom stereocenters. The lowest BCUT2D eigenvalue weighted by atomic mass is 10.1. The fraction of sp³-hybridized carbons (Fsp3) is 0.429. The Bertz CT molecular complexity index is 1870. The van der Waals surface area contributed by atoms with E-state index >= 15 is 0 Å². The summed E-state index contributed by atoms with van der Waals surface area (Å²) in [6, 6.07) is 3.64. The smallest absolute Gasteiger partial charge is 0.302 e. The number of carbonyl (C=O) groups is 1. The summed E-state index contributed by atoms with van der Waals surface area (Å²) in [7, 11) is -3.98. The molecule has 0 unspecified atom stereocenters. The van der Waals surface area contributed by atoms with E-state index in [0.29, 0.717) is 23.5 Å². The van der Waals surface area contributed by atoms with Crippen molar-refractivity contribution in [2.75, 3.05) is 39.4 Å². The van der Waals surface area contributed by atoms with Crippen molar-refractivity contribution in [2.45, 2.75) is 43.9 Å². The highest BCUT2D eigenvalue weighted by Crippen LogP contribution is 2.32. The van der Waals surface area contributed by atoms with Gasteiger partial charge in [-0.25, -0.2) is 27.2 Å². The lowest BCUT2D eigenvalue weighted by Crippen LogP contribution is -2.49. The fourth-order valence-corrected chi connectivity index (χ4v) is 8.06. The molecule has 6 rings (SSSR count). The first-order valence-corrected chi connectivity index (χ1v) is 16.3. The van der Waals surface area contributed by atoms with Gasteiger partial charge < -0.3 is 24.0 Å². The standard InChI is InChI=1S/C28H31FN6O7S2/c1-17-14-33(15-18(2)42-17)23(36)16-32-5-6-35-27(38)25(37)24(31-28(32)35)26-30-13-21(43-26)11-19-3-4-20(29)12-22(19)44(39,40)34-7-9-41-10-8-34/h3-6,12-13,17-18,37H,7-11,14-16H2,1-2H3/t17-,18-/m0/s1. The van der Waals surface area contributed by atoms with Gasteiger partial charge in [-0.15, -0.1) is 11.3 Å². The van der Waals surface area contributed by atoms with Crippen LogP contribution in [-0.2, 0) is 37.3 Å². The van der Waals surface area contributed by atoms with Gasteiger partial charge >= 0.3 is 5.56 Å². The summed E-state index contributed by atoms with van der Waals surface area (Å²) in [5.74, 6) is -1.29. The van der Waals surface area contributed by atoms with Crippen LogP contribution in [0.3, 0.4) is 0 Å². The average Bonchev–Trinajstić information content (AvgIpc) is 3.62. The summed E-state index contributed by atoms with van der Waals surface area (Å²) >= 11 is 1.11. The summed E-state index contributed by atoms with van der Waals surface area (Å²) in [6.45, 7) is 5.49. The van der Waals surface area contributed by atoms with E-state index in [1.54, 1.807) is 11.1 Å². The third-order valence-electron chi connectivity index (χ3n) is 7.54. The van der Waals surface area contributed by atoms with E-state index in [2.05, 4.69) is 9.97 Å². The van der Waals surface area contributed by atoms with Crippen LogP contribution in [0.25, 0.3) is 16.5 Å². The number of hydrogen-bond acceptors (Lipinski definition) is 10. The third kappa shape index (κ3) is 5.87. The predicted octanol–water partition coefficient (Wildman–Crippen LogP) is 1.71. The van der Waals surface area contributed by atoms with Crippen molar-refractivity contribution >= 4 is 33.0 Å². The molecule has 0 spiro atoms. The quantitative estimate of drug-likeness (QED) is 0.317. The van der Waals surface area contributed by atoms with Gasteiger partial charge in [0.25, 0.3) is 0 Å². The maximum atomic E-state index is 14.2. The minimum Gasteiger partial charge on any atom is -0.501 e. The minimum atomic E-state index is -3.98. The van der Waals surface area contributed by atoms with E-state index in [4.69, 9.17) is 9.47 Å². The highest BCUT2D eigenvalue weighted by Gasteiger charge is 2.30. The van der Waals surface area contributed by atoms with Crippen LogP contribution < -0.4 is 5.56 Å². The second-order valence-corrected chi connectivity index (χ2v) is 13.9. The van der Waals surface area contributed by atoms with Gasteiger partial charge in [-0.3, -0.25) is 9.59 Å². The van der Waals surface area contributed by atoms with Gasteiger partial charge in [0.05, 0.1) is 30.3 Å². The lowest BCUT2D eigenvalue weighted by Gasteiger charge is -2.35. The molecule has 2 fully saturated rings. The Balaban J connectivity index is 1.29. The zero-order chi connectivity index (χ0) is 31.2. The molecule has 1 amide bonds. The first-order valence-electron chi connectivity index (χ1n) is 14.1. The van der Waals surface area contributed by atoms with E-state index in [9.17, 15) is 27.5 Å². The van der Waals surface area contributed by atoms with Crippen LogP contribution >= 0.6 is 11.3 Å². The number of ether oxygens (including phenoxy) is 2. The molecule has 13 nitrogen and oxygen atoms in total. The number of rotatable bonds is 7. The highest BCUT2D eigenvalue weighted by molar-refractivity contribution is 7.89. The Morgan fingerprint density at radius 2 is 1.89 bits per heavy atom. The summed E-state index contributed by atoms with van der Waals surface area (Å²) < 4.78 is 55.9. The number of fused-ring (bicyclic) bond motifs is 1. The first-order chi connectivity index (χ1) is 21.0. The number of thiazole rings is 1. The molecule has 1 N–H and O–H groups in total. The number of hydrogen-bond donors (Lipinski definition) is 1. The fourth-order valence-electron chi connectivity index (χ4n) is 5.49. The number of halogens is 1. The predicted molar refractivity (Wildman–Crippen MR) is 158 cm³/mol. The zero-order valence-corrected chi connectivity index (χ0v) is 25.7. The molecule has 5 heterocycles. The van der Waals surface area contributed by atoms with Crippen molar-refractivity contribution in [3.63, 3.8) is 0 Å². The van der Waals surface area contributed by atoms with Crippen LogP contribution in [0.4, 0.5) is 4.39 Å². The molecular weight excluding hydrogens is 615 g/mol. The molecule has 0 bridgehead atoms. The number of imidazole rings is 1. The molecule has 2 aliphatic rings. The van der Waals surface area contributed by atoms with E-state index in [1.807, 2.05) is 13.8 Å². The normalized spacial score (nSPS) is 19.9. The Hall–Kier alpha value is -3.70. The first kappa shape index (κ1) is 30.3. The zero-order valence-electron chi connectivity index (χ0n) is 24.1. The third-order valence-corrected chi connectivity index (χ3v) is 10.5. The van der Waals surface area contributed by atoms with Gasteiger partial charge in [-0.05, 0) is 31.5 Å². The maximum absolute atomic E-state index is 14.2. The van der Waals surface area contributed by atoms with Crippen LogP contribution in [0.2, 0.25) is 0 Å². The number of carbonyl (C=O) groups excluding carboxylic acids is 1. The van der Waals surface area contributed by atoms with Gasteiger partial charge in [-0.1, -0.05) is 6.07 Å². The number of amides is 1. The second-order valence-electron chi connectivity index (χ2n) is 10.8. The number of morpholine rings is 2. The Kier molecular flexibility index (Phi) is 8.27. The highest BCUT2D eigenvalue weighted by atomic mass is 32.2. The monoisotopic (exact) mass is 646 g/mol. The molecule has 1 aromatic carbocycles. The Morgan fingerprint density at radius 1 is 1.16 bits per heavy atom. The van der Waals surface area contributed by atoms with Crippen LogP contribution in [0.15, 0.2) is 46.5 Å². The van der Waals surface area contributed by atoms with Crippen molar-refractivity contribution in [2.24, 2.45) is 0 Å². The van der Waals surface area contributed by atoms with Crippen LogP contribution in [0, 0.1) is 5.82 Å². The summed E-state index contributed by atoms with van der Waals surface area (Å²) in [4.78, 5) is 37.2. The van der Waals surface area contributed by atoms with Gasteiger partial charge in [0, 0.05) is 56.1 Å². The van der Waals surface area contributed by atoms with Crippen molar-refractivity contribution in [3.8, 4) is 16.5 Å². The van der Waals surface area contributed by atoms with E-state index in [-0.39, 0.29) is 78.8 Å². The molecule has 16 heteroatoms. The number of aromatic nitrogens is 4. The molecule has 0 radical (unpaired) electrons. The summed E-state index contributed by atoms with van der Waals surface area (Å²) in [5, 5.41) is 11.0. The molecule has 0 saturated carbocycles. The van der Waals surface area contributed by atoms with Crippen molar-refractivity contribution in [1.82, 2.24) is 28.1 Å². The number of aromatic hydroxyl groups is 1. The molecular formula is C28H31FN6O7S2. The largest absolute Gasteiger partial charge is 0.501 e. The molecule has 234 valence electrons. The molecule has 2 saturated heterocycles. The van der Waals surface area contributed by atoms with E-state index in [0.717, 1.165) is 21.8 Å². The molecule has 0 aliphatic carbocycles. The van der Waals surface area contributed by atoms with Crippen LogP contribution in [-0.4, -0.2) is 99.2 Å². The second kappa shape index (κ2) is 12.0. The minimum absolute atomic E-state index is 0.0625. The average molecular weight is 647 g/mol. The summed E-state index contributed by atoms with van der Waals surface area (Å²) in [6.07, 6.45) is 4.40. The van der Waals surface area contributed by atoms with E-state index < -0.39 is 27.1 Å². The number of benzene rings is 1. The van der Waals surface area contributed by atoms with Crippen LogP contribution in [0.1, 0.15) is 24.3 Å². The van der Waals surface area contributed by atoms with Gasteiger partial charge in [0.15, 0.2) is 5.69 Å². The number of nitrogens with zero attached hydrogens (tertiary/aromatic N) is 6. The lowest BCUT2D eigenvalue weighted by molar-refractivity contribution is -0.143. The Morgan fingerprint density at radius 3 is 2.61 bits per heavy atom. The maximum Gasteiger partial charge on any atom is 0.302 e. The molecule has 4 aromatic rings. The molecule has 3 aromatic heterocycles.